The summed E-state index contributed by atoms with van der Waals surface area (Å²) in [6.07, 6.45) is 2.37. The molecule has 3 aliphatic heterocycles. The average Bonchev–Trinajstić information content (AvgIpc) is 3.11. The lowest BCUT2D eigenvalue weighted by molar-refractivity contribution is 0.0620. The molecule has 1 aromatic heterocycles. The van der Waals surface area contributed by atoms with E-state index in [1.807, 2.05) is 0 Å². The van der Waals surface area contributed by atoms with E-state index in [4.69, 9.17) is 10.00 Å². The van der Waals surface area contributed by atoms with Crippen molar-refractivity contribution in [2.75, 3.05) is 19.6 Å². The van der Waals surface area contributed by atoms with E-state index in [1.54, 1.807) is 36.4 Å². The van der Waals surface area contributed by atoms with Crippen molar-refractivity contribution in [3.63, 3.8) is 0 Å². The Morgan fingerprint density at radius 3 is 2.56 bits per heavy atom. The van der Waals surface area contributed by atoms with Gasteiger partial charge in [0.25, 0.3) is 5.91 Å². The van der Waals surface area contributed by atoms with Gasteiger partial charge in [-0.1, -0.05) is 11.3 Å². The van der Waals surface area contributed by atoms with Crippen LogP contribution in [0.2, 0.25) is 0 Å². The maximum absolute atomic E-state index is 12.5. The molecule has 2 aromatic rings. The summed E-state index contributed by atoms with van der Waals surface area (Å²) in [7, 11) is 0. The summed E-state index contributed by atoms with van der Waals surface area (Å²) in [4.78, 5) is 15.5. The van der Waals surface area contributed by atoms with Gasteiger partial charge in [-0.25, -0.2) is 0 Å². The first-order chi connectivity index (χ1) is 12.2. The second-order valence-electron chi connectivity index (χ2n) is 6.57. The quantitative estimate of drug-likeness (QED) is 0.916. The first kappa shape index (κ1) is 16.1. The standard InChI is InChI=1S/C19H19N3O2S/c20-11-16-5-6-18(25-16)24-15-3-1-14(2-4-15)19(23)21-17-12-22-9-7-13(17)8-10-22/h1-6,13,17H,7-10,12H2,(H,21,23). The highest BCUT2D eigenvalue weighted by molar-refractivity contribution is 7.14. The minimum absolute atomic E-state index is 0.0202. The van der Waals surface area contributed by atoms with Crippen LogP contribution in [-0.4, -0.2) is 36.5 Å². The molecule has 5 rings (SSSR count). The van der Waals surface area contributed by atoms with E-state index >= 15 is 0 Å². The first-order valence-electron chi connectivity index (χ1n) is 8.52. The summed E-state index contributed by atoms with van der Waals surface area (Å²) in [5.41, 5.74) is 0.646. The van der Waals surface area contributed by atoms with Crippen LogP contribution in [0.1, 0.15) is 28.1 Å². The zero-order chi connectivity index (χ0) is 17.2. The molecule has 6 heteroatoms. The minimum Gasteiger partial charge on any atom is -0.447 e. The molecule has 1 aromatic carbocycles. The zero-order valence-electron chi connectivity index (χ0n) is 13.8. The van der Waals surface area contributed by atoms with Crippen molar-refractivity contribution in [1.82, 2.24) is 10.2 Å². The highest BCUT2D eigenvalue weighted by atomic mass is 32.1. The topological polar surface area (TPSA) is 65.4 Å². The van der Waals surface area contributed by atoms with E-state index in [0.29, 0.717) is 27.2 Å². The number of carbonyl (C=O) groups excluding carboxylic acids is 1. The predicted octanol–water partition coefficient (Wildman–Crippen LogP) is 3.24. The summed E-state index contributed by atoms with van der Waals surface area (Å²) < 4.78 is 5.71. The number of amides is 1. The Kier molecular flexibility index (Phi) is 4.43. The normalized spacial score (nSPS) is 24.5. The molecule has 1 atom stereocenters. The van der Waals surface area contributed by atoms with Gasteiger partial charge >= 0.3 is 0 Å². The molecule has 128 valence electrons. The molecule has 0 saturated carbocycles. The molecule has 3 saturated heterocycles. The van der Waals surface area contributed by atoms with Crippen LogP contribution in [0.5, 0.6) is 10.8 Å². The average molecular weight is 353 g/mol. The van der Waals surface area contributed by atoms with Gasteiger partial charge in [0.1, 0.15) is 16.7 Å². The van der Waals surface area contributed by atoms with Crippen molar-refractivity contribution < 1.29 is 9.53 Å². The minimum atomic E-state index is -0.0202. The fraction of sp³-hybridized carbons (Fsp3) is 0.368. The van der Waals surface area contributed by atoms with Crippen molar-refractivity contribution in [3.8, 4) is 16.9 Å². The smallest absolute Gasteiger partial charge is 0.251 e. The molecule has 4 heterocycles. The van der Waals surface area contributed by atoms with Crippen LogP contribution in [0.25, 0.3) is 0 Å². The number of carbonyl (C=O) groups is 1. The van der Waals surface area contributed by atoms with Gasteiger partial charge in [0.05, 0.1) is 0 Å². The van der Waals surface area contributed by atoms with Crippen LogP contribution in [-0.2, 0) is 0 Å². The van der Waals surface area contributed by atoms with Crippen LogP contribution in [0.4, 0.5) is 0 Å². The number of rotatable bonds is 4. The van der Waals surface area contributed by atoms with Crippen molar-refractivity contribution in [3.05, 3.63) is 46.8 Å². The molecule has 0 spiro atoms. The predicted molar refractivity (Wildman–Crippen MR) is 96.0 cm³/mol. The Labute approximate surface area is 150 Å². The van der Waals surface area contributed by atoms with E-state index in [9.17, 15) is 4.79 Å². The van der Waals surface area contributed by atoms with Crippen LogP contribution in [0, 0.1) is 17.2 Å². The second kappa shape index (κ2) is 6.87. The number of ether oxygens (including phenoxy) is 1. The van der Waals surface area contributed by atoms with Crippen LogP contribution < -0.4 is 10.1 Å². The van der Waals surface area contributed by atoms with Crippen molar-refractivity contribution in [2.45, 2.75) is 18.9 Å². The Bertz CT molecular complexity index is 801. The summed E-state index contributed by atoms with van der Waals surface area (Å²) in [5, 5.41) is 12.7. The number of hydrogen-bond acceptors (Lipinski definition) is 5. The Morgan fingerprint density at radius 2 is 1.96 bits per heavy atom. The molecule has 1 N–H and O–H groups in total. The Balaban J connectivity index is 1.38. The van der Waals surface area contributed by atoms with E-state index in [1.165, 1.54) is 37.3 Å². The molecule has 0 radical (unpaired) electrons. The number of fused-ring (bicyclic) bond motifs is 3. The van der Waals surface area contributed by atoms with Gasteiger partial charge in [0.15, 0.2) is 5.06 Å². The fourth-order valence-electron chi connectivity index (χ4n) is 3.61. The number of nitriles is 1. The van der Waals surface area contributed by atoms with Crippen LogP contribution in [0.15, 0.2) is 36.4 Å². The van der Waals surface area contributed by atoms with Gasteiger partial charge in [-0.15, -0.1) is 0 Å². The van der Waals surface area contributed by atoms with Crippen molar-refractivity contribution in [2.24, 2.45) is 5.92 Å². The molecular weight excluding hydrogens is 334 g/mol. The molecule has 0 aliphatic carbocycles. The molecule has 1 amide bonds. The van der Waals surface area contributed by atoms with E-state index in [2.05, 4.69) is 16.3 Å². The van der Waals surface area contributed by atoms with Crippen LogP contribution in [0.3, 0.4) is 0 Å². The lowest BCUT2D eigenvalue weighted by Crippen LogP contribution is -2.57. The lowest BCUT2D eigenvalue weighted by Gasteiger charge is -2.44. The summed E-state index contributed by atoms with van der Waals surface area (Å²) >= 11 is 1.30. The SMILES string of the molecule is N#Cc1ccc(Oc2ccc(C(=O)NC3CN4CCC3CC4)cc2)s1. The van der Waals surface area contributed by atoms with Gasteiger partial charge in [-0.2, -0.15) is 5.26 Å². The third kappa shape index (κ3) is 3.53. The molecule has 1 unspecified atom stereocenters. The molecular formula is C19H19N3O2S. The Hall–Kier alpha value is -2.36. The number of thiophene rings is 1. The fourth-order valence-corrected chi connectivity index (χ4v) is 4.28. The highest BCUT2D eigenvalue weighted by Gasteiger charge is 2.34. The third-order valence-electron chi connectivity index (χ3n) is 5.00. The van der Waals surface area contributed by atoms with Gasteiger partial charge in [-0.3, -0.25) is 4.79 Å². The number of nitrogens with one attached hydrogen (secondary N) is 1. The van der Waals surface area contributed by atoms with Gasteiger partial charge in [0, 0.05) is 18.2 Å². The highest BCUT2D eigenvalue weighted by Crippen LogP contribution is 2.30. The summed E-state index contributed by atoms with van der Waals surface area (Å²) in [6, 6.07) is 13.0. The molecule has 5 nitrogen and oxygen atoms in total. The summed E-state index contributed by atoms with van der Waals surface area (Å²) in [6.45, 7) is 3.30. The van der Waals surface area contributed by atoms with Gasteiger partial charge in [0.2, 0.25) is 0 Å². The molecule has 3 fully saturated rings. The zero-order valence-corrected chi connectivity index (χ0v) is 14.6. The van der Waals surface area contributed by atoms with Crippen LogP contribution >= 0.6 is 11.3 Å². The van der Waals surface area contributed by atoms with E-state index in [-0.39, 0.29) is 11.9 Å². The number of nitrogens with zero attached hydrogens (tertiary/aromatic N) is 2. The monoisotopic (exact) mass is 353 g/mol. The number of piperidine rings is 3. The lowest BCUT2D eigenvalue weighted by atomic mass is 9.84. The first-order valence-corrected chi connectivity index (χ1v) is 9.34. The maximum atomic E-state index is 12.5. The van der Waals surface area contributed by atoms with Gasteiger partial charge < -0.3 is 15.0 Å². The number of benzene rings is 1. The van der Waals surface area contributed by atoms with Gasteiger partial charge in [-0.05, 0) is 68.2 Å². The second-order valence-corrected chi connectivity index (χ2v) is 7.62. The van der Waals surface area contributed by atoms with E-state index in [0.717, 1.165) is 6.54 Å². The largest absolute Gasteiger partial charge is 0.447 e. The van der Waals surface area contributed by atoms with Crippen molar-refractivity contribution >= 4 is 17.2 Å². The summed E-state index contributed by atoms with van der Waals surface area (Å²) in [5.74, 6) is 1.25. The van der Waals surface area contributed by atoms with Crippen molar-refractivity contribution in [1.29, 1.82) is 5.26 Å². The third-order valence-corrected chi connectivity index (χ3v) is 5.87. The number of hydrogen-bond donors (Lipinski definition) is 1. The molecule has 3 aliphatic rings. The maximum Gasteiger partial charge on any atom is 0.251 e. The molecule has 2 bridgehead atoms. The van der Waals surface area contributed by atoms with E-state index < -0.39 is 0 Å². The Morgan fingerprint density at radius 1 is 1.20 bits per heavy atom. The molecule has 25 heavy (non-hydrogen) atoms.